The van der Waals surface area contributed by atoms with E-state index < -0.39 is 6.15 Å². The molecular weight excluding hydrogens is 698 g/mol. The number of nitrogens with zero attached hydrogens (tertiary/aromatic N) is 4. The Balaban J connectivity index is 0.000000212. The molecule has 7 aromatic rings. The van der Waals surface area contributed by atoms with Gasteiger partial charge in [0.1, 0.15) is 6.15 Å². The van der Waals surface area contributed by atoms with Crippen LogP contribution in [0, 0.1) is 0 Å². The van der Waals surface area contributed by atoms with Gasteiger partial charge in [-0.05, 0) is 36.4 Å². The van der Waals surface area contributed by atoms with Gasteiger partial charge < -0.3 is 0 Å². The molecule has 0 amide bonds. The molecule has 0 saturated carbocycles. The van der Waals surface area contributed by atoms with E-state index in [1.165, 1.54) is 21.9 Å². The number of hydrogen-bond acceptors (Lipinski definition) is 4. The van der Waals surface area contributed by atoms with Crippen LogP contribution in [0.15, 0.2) is 208 Å². The maximum atomic E-state index is 4.42. The molecule has 0 N–H and O–H groups in total. The zero-order chi connectivity index (χ0) is 34.0. The van der Waals surface area contributed by atoms with Crippen LogP contribution in [0.3, 0.4) is 0 Å². The molecule has 50 heavy (non-hydrogen) atoms. The topological polar surface area (TPSA) is 41.9 Å². The molecule has 0 saturated heterocycles. The van der Waals surface area contributed by atoms with Gasteiger partial charge in [0.2, 0.25) is 0 Å². The third kappa shape index (κ3) is 9.89. The SMILES string of the molecule is C=C.[Rh].c1ccc(CN(Cc2ccccn2)Cc2ccccn2)nc1.c1ccc([B-](c2ccccc2)(c2ccccc2)c2ccccc2)cc1. The normalized spacial score (nSPS) is 10.4. The van der Waals surface area contributed by atoms with Crippen LogP contribution in [-0.4, -0.2) is 26.0 Å². The summed E-state index contributed by atoms with van der Waals surface area (Å²) in [5.74, 6) is 0. The van der Waals surface area contributed by atoms with Gasteiger partial charge in [-0.1, -0.05) is 140 Å². The van der Waals surface area contributed by atoms with Crippen LogP contribution in [0.2, 0.25) is 0 Å². The third-order valence-corrected chi connectivity index (χ3v) is 8.53. The molecule has 4 aromatic carbocycles. The molecule has 0 aliphatic carbocycles. The summed E-state index contributed by atoms with van der Waals surface area (Å²) in [6.07, 6.45) is 4.27. The molecule has 0 aliphatic heterocycles. The summed E-state index contributed by atoms with van der Waals surface area (Å²) in [7, 11) is 0. The zero-order valence-electron chi connectivity index (χ0n) is 28.2. The fourth-order valence-corrected chi connectivity index (χ4v) is 6.45. The second kappa shape index (κ2) is 20.3. The number of benzene rings is 4. The molecule has 1 radical (unpaired) electrons. The van der Waals surface area contributed by atoms with Gasteiger partial charge in [-0.2, -0.15) is 21.9 Å². The maximum absolute atomic E-state index is 4.42. The first kappa shape index (κ1) is 37.5. The molecule has 3 aromatic heterocycles. The molecule has 0 atom stereocenters. The summed E-state index contributed by atoms with van der Waals surface area (Å²) in [5.41, 5.74) is 8.51. The van der Waals surface area contributed by atoms with Gasteiger partial charge in [0, 0.05) is 57.7 Å². The molecule has 0 fully saturated rings. The minimum absolute atomic E-state index is 0. The van der Waals surface area contributed by atoms with Gasteiger partial charge in [-0.15, -0.1) is 13.2 Å². The number of rotatable bonds is 10. The van der Waals surface area contributed by atoms with Crippen molar-refractivity contribution in [2.45, 2.75) is 19.6 Å². The van der Waals surface area contributed by atoms with E-state index in [0.29, 0.717) is 0 Å². The molecule has 4 nitrogen and oxygen atoms in total. The van der Waals surface area contributed by atoms with Gasteiger partial charge in [-0.3, -0.25) is 19.9 Å². The van der Waals surface area contributed by atoms with Crippen molar-refractivity contribution >= 4 is 28.0 Å². The number of hydrogen-bond donors (Lipinski definition) is 0. The van der Waals surface area contributed by atoms with Crippen molar-refractivity contribution in [2.24, 2.45) is 0 Å². The first-order chi connectivity index (χ1) is 24.3. The number of pyridine rings is 3. The van der Waals surface area contributed by atoms with Crippen molar-refractivity contribution in [3.63, 3.8) is 0 Å². The Morgan fingerprint density at radius 3 is 0.820 bits per heavy atom. The summed E-state index contributed by atoms with van der Waals surface area (Å²) in [5, 5.41) is 0. The van der Waals surface area contributed by atoms with Crippen LogP contribution >= 0.6 is 0 Å². The predicted molar refractivity (Wildman–Crippen MR) is 207 cm³/mol. The molecule has 6 heteroatoms. The molecular formula is C44H42BN4Rh-. The van der Waals surface area contributed by atoms with Crippen LogP contribution in [0.4, 0.5) is 0 Å². The minimum Gasteiger partial charge on any atom is -0.286 e. The second-order valence-electron chi connectivity index (χ2n) is 11.6. The zero-order valence-corrected chi connectivity index (χ0v) is 29.8. The molecule has 0 spiro atoms. The van der Waals surface area contributed by atoms with Crippen LogP contribution in [0.1, 0.15) is 17.1 Å². The molecule has 251 valence electrons. The van der Waals surface area contributed by atoms with Crippen molar-refractivity contribution < 1.29 is 19.5 Å². The van der Waals surface area contributed by atoms with Gasteiger partial charge in [0.15, 0.2) is 0 Å². The van der Waals surface area contributed by atoms with E-state index in [2.05, 4.69) is 154 Å². The standard InChI is InChI=1S/C24H20B.C18H18N4.C2H4.Rh/c1-5-13-21(14-6-1)25(22-15-7-2-8-16-22,23-17-9-3-10-18-23)24-19-11-4-12-20-24;1-4-10-19-16(7-1)13-22(14-17-8-2-5-11-20-17)15-18-9-3-6-12-21-18;1-2;/h1-20H;1-12H,13-15H2;1-2H2;/q-1;;;. The van der Waals surface area contributed by atoms with Crippen molar-refractivity contribution in [3.8, 4) is 0 Å². The second-order valence-corrected chi connectivity index (χ2v) is 11.6. The Hall–Kier alpha value is -5.28. The number of aromatic nitrogens is 3. The maximum Gasteiger partial charge on any atom is 0.108 e. The Labute approximate surface area is 310 Å². The van der Waals surface area contributed by atoms with E-state index in [1.807, 2.05) is 73.2 Å². The largest absolute Gasteiger partial charge is 0.286 e. The summed E-state index contributed by atoms with van der Waals surface area (Å²) >= 11 is 0. The van der Waals surface area contributed by atoms with Crippen molar-refractivity contribution in [2.75, 3.05) is 0 Å². The molecule has 3 heterocycles. The summed E-state index contributed by atoms with van der Waals surface area (Å²) in [6.45, 7) is 8.32. The van der Waals surface area contributed by atoms with Crippen LogP contribution in [0.25, 0.3) is 0 Å². The van der Waals surface area contributed by atoms with E-state index in [9.17, 15) is 0 Å². The molecule has 0 unspecified atom stereocenters. The Morgan fingerprint density at radius 1 is 0.360 bits per heavy atom. The van der Waals surface area contributed by atoms with Gasteiger partial charge in [0.05, 0.1) is 17.1 Å². The van der Waals surface area contributed by atoms with E-state index in [-0.39, 0.29) is 19.5 Å². The Kier molecular flexibility index (Phi) is 15.2. The van der Waals surface area contributed by atoms with Gasteiger partial charge >= 0.3 is 0 Å². The minimum atomic E-state index is -1.22. The Bertz CT molecular complexity index is 1640. The van der Waals surface area contributed by atoms with Gasteiger partial charge in [0.25, 0.3) is 0 Å². The first-order valence-corrected chi connectivity index (χ1v) is 16.6. The molecule has 0 bridgehead atoms. The fourth-order valence-electron chi connectivity index (χ4n) is 6.45. The third-order valence-electron chi connectivity index (χ3n) is 8.53. The average Bonchev–Trinajstić information content (AvgIpc) is 3.19. The van der Waals surface area contributed by atoms with E-state index in [0.717, 1.165) is 36.7 Å². The van der Waals surface area contributed by atoms with Gasteiger partial charge in [-0.25, -0.2) is 0 Å². The Morgan fingerprint density at radius 2 is 0.600 bits per heavy atom. The van der Waals surface area contributed by atoms with Crippen LogP contribution in [0.5, 0.6) is 0 Å². The van der Waals surface area contributed by atoms with Crippen molar-refractivity contribution in [1.82, 2.24) is 19.9 Å². The van der Waals surface area contributed by atoms with Crippen LogP contribution < -0.4 is 21.9 Å². The smallest absolute Gasteiger partial charge is 0.108 e. The average molecular weight is 741 g/mol. The van der Waals surface area contributed by atoms with Crippen LogP contribution in [-0.2, 0) is 39.1 Å². The van der Waals surface area contributed by atoms with E-state index >= 15 is 0 Å². The fraction of sp³-hybridized carbons (Fsp3) is 0.0682. The van der Waals surface area contributed by atoms with E-state index in [4.69, 9.17) is 0 Å². The first-order valence-electron chi connectivity index (χ1n) is 16.6. The quantitative estimate of drug-likeness (QED) is 0.113. The molecule has 7 rings (SSSR count). The molecule has 0 aliphatic rings. The van der Waals surface area contributed by atoms with Crippen molar-refractivity contribution in [3.05, 3.63) is 225 Å². The summed E-state index contributed by atoms with van der Waals surface area (Å²) in [6, 6.07) is 61.5. The monoisotopic (exact) mass is 740 g/mol. The van der Waals surface area contributed by atoms with Crippen molar-refractivity contribution in [1.29, 1.82) is 0 Å². The predicted octanol–water partition coefficient (Wildman–Crippen LogP) is 6.94. The summed E-state index contributed by atoms with van der Waals surface area (Å²) < 4.78 is 0. The summed E-state index contributed by atoms with van der Waals surface area (Å²) in [4.78, 5) is 15.6. The van der Waals surface area contributed by atoms with E-state index in [1.54, 1.807) is 0 Å².